The van der Waals surface area contributed by atoms with Gasteiger partial charge < -0.3 is 15.7 Å². The third-order valence-corrected chi connectivity index (χ3v) is 3.68. The van der Waals surface area contributed by atoms with E-state index in [0.717, 1.165) is 15.6 Å². The molecular formula is C15H17F3N6O4. The lowest BCUT2D eigenvalue weighted by Gasteiger charge is -2.08. The number of hydrogen-bond donors (Lipinski definition) is 3. The van der Waals surface area contributed by atoms with Gasteiger partial charge in [0.15, 0.2) is 11.4 Å². The van der Waals surface area contributed by atoms with Gasteiger partial charge in [0.2, 0.25) is 0 Å². The van der Waals surface area contributed by atoms with Gasteiger partial charge in [0, 0.05) is 32.7 Å². The number of nitrogens with zero attached hydrogens (tertiary/aromatic N) is 4. The molecule has 0 aliphatic carbocycles. The second kappa shape index (κ2) is 8.10. The lowest BCUT2D eigenvalue weighted by Crippen LogP contribution is -2.35. The molecule has 0 bridgehead atoms. The molecule has 28 heavy (non-hydrogen) atoms. The van der Waals surface area contributed by atoms with E-state index in [1.165, 1.54) is 14.0 Å². The van der Waals surface area contributed by atoms with Crippen LogP contribution >= 0.6 is 0 Å². The van der Waals surface area contributed by atoms with Gasteiger partial charge in [-0.15, -0.1) is 0 Å². The molecule has 2 aromatic rings. The number of alkyl halides is 3. The molecule has 13 heteroatoms. The minimum Gasteiger partial charge on any atom is -0.477 e. The topological polar surface area (TPSA) is 131 Å². The maximum Gasteiger partial charge on any atom is 0.435 e. The Hall–Kier alpha value is -3.38. The largest absolute Gasteiger partial charge is 0.477 e. The highest BCUT2D eigenvalue weighted by molar-refractivity contribution is 6.03. The first-order valence-electron chi connectivity index (χ1n) is 8.03. The van der Waals surface area contributed by atoms with Gasteiger partial charge in [0.1, 0.15) is 5.69 Å². The molecule has 2 aromatic heterocycles. The fourth-order valence-corrected chi connectivity index (χ4v) is 2.37. The van der Waals surface area contributed by atoms with E-state index in [1.807, 2.05) is 0 Å². The van der Waals surface area contributed by atoms with Gasteiger partial charge in [-0.3, -0.25) is 19.0 Å². The molecule has 2 heterocycles. The minimum absolute atomic E-state index is 0.0640. The van der Waals surface area contributed by atoms with E-state index in [9.17, 15) is 27.6 Å². The Kier molecular flexibility index (Phi) is 6.06. The van der Waals surface area contributed by atoms with Gasteiger partial charge in [-0.25, -0.2) is 4.79 Å². The van der Waals surface area contributed by atoms with Crippen molar-refractivity contribution in [2.75, 3.05) is 13.1 Å². The van der Waals surface area contributed by atoms with E-state index in [4.69, 9.17) is 5.11 Å². The molecule has 0 aromatic carbocycles. The Morgan fingerprint density at radius 2 is 1.79 bits per heavy atom. The monoisotopic (exact) mass is 402 g/mol. The summed E-state index contributed by atoms with van der Waals surface area (Å²) in [5.74, 6) is -2.82. The predicted molar refractivity (Wildman–Crippen MR) is 87.7 cm³/mol. The number of carbonyl (C=O) groups excluding carboxylic acids is 2. The molecule has 0 spiro atoms. The molecule has 2 rings (SSSR count). The van der Waals surface area contributed by atoms with Crippen molar-refractivity contribution in [1.82, 2.24) is 30.2 Å². The Morgan fingerprint density at radius 3 is 2.32 bits per heavy atom. The second-order valence-electron chi connectivity index (χ2n) is 5.58. The summed E-state index contributed by atoms with van der Waals surface area (Å²) in [6.45, 7) is 1.43. The number of carboxylic acids is 1. The molecular weight excluding hydrogens is 385 g/mol. The summed E-state index contributed by atoms with van der Waals surface area (Å²) < 4.78 is 40.1. The van der Waals surface area contributed by atoms with E-state index < -0.39 is 29.7 Å². The zero-order chi connectivity index (χ0) is 21.1. The van der Waals surface area contributed by atoms with Gasteiger partial charge >= 0.3 is 12.1 Å². The van der Waals surface area contributed by atoms with Crippen molar-refractivity contribution in [3.63, 3.8) is 0 Å². The van der Waals surface area contributed by atoms with Gasteiger partial charge in [0.05, 0.1) is 11.8 Å². The average molecular weight is 402 g/mol. The van der Waals surface area contributed by atoms with E-state index in [-0.39, 0.29) is 36.6 Å². The molecule has 0 fully saturated rings. The highest BCUT2D eigenvalue weighted by Gasteiger charge is 2.35. The molecule has 152 valence electrons. The summed E-state index contributed by atoms with van der Waals surface area (Å²) in [6.07, 6.45) is -3.58. The van der Waals surface area contributed by atoms with E-state index in [0.29, 0.717) is 6.07 Å². The zero-order valence-electron chi connectivity index (χ0n) is 14.9. The predicted octanol–water partition coefficient (Wildman–Crippen LogP) is 0.513. The van der Waals surface area contributed by atoms with Gasteiger partial charge in [-0.05, 0) is 6.92 Å². The quantitative estimate of drug-likeness (QED) is 0.579. The SMILES string of the molecule is CCn1nc(C(F)(F)F)cc1C(=O)NCCNC(=O)c1cnn(C)c1C(=O)O. The molecule has 0 radical (unpaired) electrons. The van der Waals surface area contributed by atoms with Crippen LogP contribution in [0.3, 0.4) is 0 Å². The normalized spacial score (nSPS) is 11.3. The van der Waals surface area contributed by atoms with E-state index >= 15 is 0 Å². The number of aromatic nitrogens is 4. The fourth-order valence-electron chi connectivity index (χ4n) is 2.37. The first-order valence-corrected chi connectivity index (χ1v) is 8.03. The maximum atomic E-state index is 12.7. The number of nitrogens with one attached hydrogen (secondary N) is 2. The van der Waals surface area contributed by atoms with Gasteiger partial charge in [-0.2, -0.15) is 23.4 Å². The Balaban J connectivity index is 1.94. The highest BCUT2D eigenvalue weighted by atomic mass is 19.4. The molecule has 0 unspecified atom stereocenters. The summed E-state index contributed by atoms with van der Waals surface area (Å²) in [5.41, 5.74) is -1.89. The van der Waals surface area contributed by atoms with Gasteiger partial charge in [0.25, 0.3) is 11.8 Å². The zero-order valence-corrected chi connectivity index (χ0v) is 14.9. The third kappa shape index (κ3) is 4.47. The van der Waals surface area contributed by atoms with Crippen molar-refractivity contribution in [3.8, 4) is 0 Å². The number of aromatic carboxylic acids is 1. The maximum absolute atomic E-state index is 12.7. The molecule has 3 N–H and O–H groups in total. The third-order valence-electron chi connectivity index (χ3n) is 3.68. The minimum atomic E-state index is -4.67. The van der Waals surface area contributed by atoms with Crippen molar-refractivity contribution in [2.24, 2.45) is 7.05 Å². The summed E-state index contributed by atoms with van der Waals surface area (Å²) >= 11 is 0. The number of aryl methyl sites for hydroxylation is 2. The summed E-state index contributed by atoms with van der Waals surface area (Å²) in [7, 11) is 1.37. The molecule has 0 atom stereocenters. The van der Waals surface area contributed by atoms with E-state index in [1.54, 1.807) is 0 Å². The van der Waals surface area contributed by atoms with Crippen molar-refractivity contribution in [1.29, 1.82) is 0 Å². The number of carboxylic acid groups (broad SMARTS) is 1. The highest BCUT2D eigenvalue weighted by Crippen LogP contribution is 2.28. The van der Waals surface area contributed by atoms with Crippen LogP contribution in [0.5, 0.6) is 0 Å². The molecule has 0 aliphatic heterocycles. The van der Waals surface area contributed by atoms with Crippen LogP contribution in [0.15, 0.2) is 12.3 Å². The molecule has 0 saturated heterocycles. The molecule has 10 nitrogen and oxygen atoms in total. The molecule has 0 saturated carbocycles. The van der Waals surface area contributed by atoms with Crippen LogP contribution in [-0.2, 0) is 19.8 Å². The average Bonchev–Trinajstić information content (AvgIpc) is 3.21. The Labute approximate surface area is 156 Å². The summed E-state index contributed by atoms with van der Waals surface area (Å²) in [5, 5.41) is 20.9. The van der Waals surface area contributed by atoms with Crippen LogP contribution in [0.25, 0.3) is 0 Å². The number of hydrogen-bond acceptors (Lipinski definition) is 5. The second-order valence-corrected chi connectivity index (χ2v) is 5.58. The van der Waals surface area contributed by atoms with Crippen LogP contribution in [0.4, 0.5) is 13.2 Å². The van der Waals surface area contributed by atoms with E-state index in [2.05, 4.69) is 20.8 Å². The first-order chi connectivity index (χ1) is 13.1. The van der Waals surface area contributed by atoms with Crippen molar-refractivity contribution < 1.29 is 32.7 Å². The number of rotatable bonds is 7. The smallest absolute Gasteiger partial charge is 0.435 e. The lowest BCUT2D eigenvalue weighted by molar-refractivity contribution is -0.141. The molecule has 2 amide bonds. The Bertz CT molecular complexity index is 902. The van der Waals surface area contributed by atoms with Crippen molar-refractivity contribution in [2.45, 2.75) is 19.6 Å². The first kappa shape index (κ1) is 20.9. The van der Waals surface area contributed by atoms with Crippen molar-refractivity contribution in [3.05, 3.63) is 34.9 Å². The molecule has 0 aliphatic rings. The Morgan fingerprint density at radius 1 is 1.18 bits per heavy atom. The van der Waals surface area contributed by atoms with Crippen LogP contribution in [0, 0.1) is 0 Å². The van der Waals surface area contributed by atoms with Crippen LogP contribution in [-0.4, -0.2) is 55.5 Å². The number of carbonyl (C=O) groups is 3. The standard InChI is InChI=1S/C15H17F3N6O4/c1-3-24-9(6-10(22-24)15(16,17)18)13(26)20-5-4-19-12(25)8-7-21-23(2)11(8)14(27)28/h6-7H,3-5H2,1-2H3,(H,19,25)(H,20,26)(H,27,28). The summed E-state index contributed by atoms with van der Waals surface area (Å²) in [4.78, 5) is 35.2. The van der Waals surface area contributed by atoms with Crippen molar-refractivity contribution >= 4 is 17.8 Å². The van der Waals surface area contributed by atoms with Crippen LogP contribution in [0.2, 0.25) is 0 Å². The van der Waals surface area contributed by atoms with Crippen LogP contribution < -0.4 is 10.6 Å². The van der Waals surface area contributed by atoms with Gasteiger partial charge in [-0.1, -0.05) is 0 Å². The summed E-state index contributed by atoms with van der Waals surface area (Å²) in [6, 6.07) is 0.645. The number of halogens is 3. The van der Waals surface area contributed by atoms with Crippen LogP contribution in [0.1, 0.15) is 44.0 Å². The fraction of sp³-hybridized carbons (Fsp3) is 0.400. The number of amides is 2. The lowest BCUT2D eigenvalue weighted by atomic mass is 10.2.